The van der Waals surface area contributed by atoms with Gasteiger partial charge in [0.05, 0.1) is 11.0 Å². The topological polar surface area (TPSA) is 105 Å². The minimum Gasteiger partial charge on any atom is -0.335 e. The molecule has 1 saturated carbocycles. The van der Waals surface area contributed by atoms with E-state index < -0.39 is 0 Å². The molecule has 0 unspecified atom stereocenters. The van der Waals surface area contributed by atoms with Gasteiger partial charge in [0.2, 0.25) is 5.82 Å². The van der Waals surface area contributed by atoms with E-state index in [-0.39, 0.29) is 12.1 Å². The number of urea groups is 1. The van der Waals surface area contributed by atoms with Crippen molar-refractivity contribution in [1.29, 1.82) is 0 Å². The summed E-state index contributed by atoms with van der Waals surface area (Å²) in [6.07, 6.45) is 8.68. The number of fused-ring (bicyclic) bond motifs is 1. The highest BCUT2D eigenvalue weighted by molar-refractivity contribution is 6.31. The summed E-state index contributed by atoms with van der Waals surface area (Å²) < 4.78 is 2.24. The molecular weight excluding hydrogens is 560 g/mol. The number of nitrogens with zero attached hydrogens (tertiary/aromatic N) is 6. The number of aryl methyl sites for hydroxylation is 2. The van der Waals surface area contributed by atoms with Gasteiger partial charge < -0.3 is 5.32 Å². The Labute approximate surface area is 256 Å². The summed E-state index contributed by atoms with van der Waals surface area (Å²) in [5.74, 6) is 1.50. The number of aromatic amines is 1. The zero-order chi connectivity index (χ0) is 29.9. The lowest BCUT2D eigenvalue weighted by Gasteiger charge is -2.26. The number of carbonyl (C=O) groups is 1. The second-order valence-electron chi connectivity index (χ2n) is 11.4. The quantitative estimate of drug-likeness (QED) is 0.191. The average molecular weight is 597 g/mol. The summed E-state index contributed by atoms with van der Waals surface area (Å²) in [5.41, 5.74) is 7.69. The third-order valence-corrected chi connectivity index (χ3v) is 8.65. The van der Waals surface area contributed by atoms with Crippen LogP contribution in [0.3, 0.4) is 0 Å². The standard InChI is InChI=1S/C33H37ClN8O/c1-4-5-11-31-36-29-17-14-24(41(3)33(43)35-23-9-7-6-8-10-23)20-30(29)42(31)25-13-16-26(21(2)18-25)27-15-12-22(34)19-28(27)32-37-39-40-38-32/h12-20,23H,4-11H2,1-3H3,(H,35,43)(H,37,38,39,40). The Hall–Kier alpha value is -4.24. The van der Waals surface area contributed by atoms with Crippen LogP contribution < -0.4 is 10.2 Å². The number of H-pyrrole nitrogens is 1. The predicted octanol–water partition coefficient (Wildman–Crippen LogP) is 7.66. The fourth-order valence-electron chi connectivity index (χ4n) is 6.05. The van der Waals surface area contributed by atoms with Crippen molar-refractivity contribution in [2.24, 2.45) is 0 Å². The van der Waals surface area contributed by atoms with Gasteiger partial charge in [-0.25, -0.2) is 9.78 Å². The van der Waals surface area contributed by atoms with Crippen LogP contribution in [-0.4, -0.2) is 49.3 Å². The van der Waals surface area contributed by atoms with E-state index >= 15 is 0 Å². The van der Waals surface area contributed by atoms with Gasteiger partial charge in [0.25, 0.3) is 0 Å². The first-order chi connectivity index (χ1) is 20.9. The van der Waals surface area contributed by atoms with Crippen LogP contribution >= 0.6 is 11.6 Å². The van der Waals surface area contributed by atoms with E-state index in [0.717, 1.165) is 82.6 Å². The van der Waals surface area contributed by atoms with Crippen molar-refractivity contribution in [3.8, 4) is 28.2 Å². The van der Waals surface area contributed by atoms with Crippen LogP contribution in [-0.2, 0) is 6.42 Å². The predicted molar refractivity (Wildman–Crippen MR) is 172 cm³/mol. The first-order valence-corrected chi connectivity index (χ1v) is 15.5. The van der Waals surface area contributed by atoms with Crippen molar-refractivity contribution < 1.29 is 4.79 Å². The summed E-state index contributed by atoms with van der Waals surface area (Å²) in [6, 6.07) is 18.4. The summed E-state index contributed by atoms with van der Waals surface area (Å²) >= 11 is 6.35. The highest BCUT2D eigenvalue weighted by Gasteiger charge is 2.21. The lowest BCUT2D eigenvalue weighted by atomic mass is 9.95. The Bertz CT molecular complexity index is 1740. The van der Waals surface area contributed by atoms with E-state index in [0.29, 0.717) is 10.8 Å². The van der Waals surface area contributed by atoms with Crippen molar-refractivity contribution in [3.63, 3.8) is 0 Å². The second-order valence-corrected chi connectivity index (χ2v) is 11.8. The molecule has 0 spiro atoms. The van der Waals surface area contributed by atoms with Gasteiger partial charge in [0.1, 0.15) is 5.82 Å². The normalized spacial score (nSPS) is 13.9. The Morgan fingerprint density at radius 1 is 1.05 bits per heavy atom. The minimum absolute atomic E-state index is 0.0657. The molecule has 0 radical (unpaired) electrons. The first-order valence-electron chi connectivity index (χ1n) is 15.1. The van der Waals surface area contributed by atoms with Gasteiger partial charge in [0, 0.05) is 41.5 Å². The molecule has 9 nitrogen and oxygen atoms in total. The molecule has 0 atom stereocenters. The van der Waals surface area contributed by atoms with Crippen molar-refractivity contribution >= 4 is 34.4 Å². The van der Waals surface area contributed by atoms with Gasteiger partial charge >= 0.3 is 6.03 Å². The van der Waals surface area contributed by atoms with Crippen LogP contribution in [0.5, 0.6) is 0 Å². The van der Waals surface area contributed by atoms with Gasteiger partial charge in [-0.2, -0.15) is 5.21 Å². The number of imidazole rings is 1. The van der Waals surface area contributed by atoms with Gasteiger partial charge in [-0.1, -0.05) is 56.3 Å². The van der Waals surface area contributed by atoms with Gasteiger partial charge in [0.15, 0.2) is 0 Å². The average Bonchev–Trinajstić information content (AvgIpc) is 3.68. The highest BCUT2D eigenvalue weighted by Crippen LogP contribution is 2.36. The number of halogens is 1. The number of hydrogen-bond donors (Lipinski definition) is 2. The second kappa shape index (κ2) is 12.6. The lowest BCUT2D eigenvalue weighted by Crippen LogP contribution is -2.43. The lowest BCUT2D eigenvalue weighted by molar-refractivity contribution is 0.239. The minimum atomic E-state index is -0.0657. The number of unbranched alkanes of at least 4 members (excludes halogenated alkanes) is 1. The number of hydrogen-bond acceptors (Lipinski definition) is 5. The maximum atomic E-state index is 13.2. The maximum absolute atomic E-state index is 13.2. The molecule has 10 heteroatoms. The Balaban J connectivity index is 1.38. The number of amides is 2. The van der Waals surface area contributed by atoms with E-state index in [1.165, 1.54) is 19.3 Å². The van der Waals surface area contributed by atoms with E-state index in [1.807, 2.05) is 37.4 Å². The molecule has 0 aliphatic heterocycles. The number of anilines is 1. The maximum Gasteiger partial charge on any atom is 0.321 e. The molecule has 43 heavy (non-hydrogen) atoms. The molecule has 3 aromatic carbocycles. The summed E-state index contributed by atoms with van der Waals surface area (Å²) in [4.78, 5) is 19.9. The number of benzene rings is 3. The van der Waals surface area contributed by atoms with E-state index in [1.54, 1.807) is 4.90 Å². The molecule has 222 valence electrons. The summed E-state index contributed by atoms with van der Waals surface area (Å²) in [7, 11) is 1.84. The zero-order valence-electron chi connectivity index (χ0n) is 24.9. The van der Waals surface area contributed by atoms with E-state index in [2.05, 4.69) is 68.6 Å². The fraction of sp³-hybridized carbons (Fsp3) is 0.364. The highest BCUT2D eigenvalue weighted by atomic mass is 35.5. The molecule has 2 aromatic heterocycles. The van der Waals surface area contributed by atoms with Crippen LogP contribution in [0.15, 0.2) is 54.6 Å². The molecule has 6 rings (SSSR count). The molecule has 0 saturated heterocycles. The fourth-order valence-corrected chi connectivity index (χ4v) is 6.22. The first kappa shape index (κ1) is 28.9. The molecule has 5 aromatic rings. The third-order valence-electron chi connectivity index (χ3n) is 8.41. The summed E-state index contributed by atoms with van der Waals surface area (Å²) in [6.45, 7) is 4.30. The molecule has 2 N–H and O–H groups in total. The van der Waals surface area contributed by atoms with E-state index in [9.17, 15) is 4.79 Å². The van der Waals surface area contributed by atoms with E-state index in [4.69, 9.17) is 16.6 Å². The number of tetrazole rings is 1. The van der Waals surface area contributed by atoms with Crippen molar-refractivity contribution in [1.82, 2.24) is 35.5 Å². The SMILES string of the molecule is CCCCc1nc2ccc(N(C)C(=O)NC3CCCCC3)cc2n1-c1ccc(-c2ccc(Cl)cc2-c2nn[nH]n2)c(C)c1. The Morgan fingerprint density at radius 2 is 1.86 bits per heavy atom. The molecule has 1 aliphatic rings. The van der Waals surface area contributed by atoms with Crippen LogP contribution in [0.4, 0.5) is 10.5 Å². The molecule has 2 heterocycles. The van der Waals surface area contributed by atoms with Crippen LogP contribution in [0.1, 0.15) is 63.3 Å². The zero-order valence-corrected chi connectivity index (χ0v) is 25.7. The Kier molecular flexibility index (Phi) is 8.42. The molecule has 2 amide bonds. The van der Waals surface area contributed by atoms with Gasteiger partial charge in [-0.3, -0.25) is 9.47 Å². The van der Waals surface area contributed by atoms with Crippen molar-refractivity contribution in [3.05, 3.63) is 71.0 Å². The van der Waals surface area contributed by atoms with Gasteiger partial charge in [-0.05, 0) is 90.6 Å². The smallest absolute Gasteiger partial charge is 0.321 e. The van der Waals surface area contributed by atoms with Crippen molar-refractivity contribution in [2.75, 3.05) is 11.9 Å². The Morgan fingerprint density at radius 3 is 2.60 bits per heavy atom. The molecule has 0 bridgehead atoms. The molecule has 1 fully saturated rings. The number of nitrogens with one attached hydrogen (secondary N) is 2. The van der Waals surface area contributed by atoms with Crippen LogP contribution in [0.25, 0.3) is 39.2 Å². The number of rotatable bonds is 8. The number of carbonyl (C=O) groups excluding carboxylic acids is 1. The van der Waals surface area contributed by atoms with Crippen molar-refractivity contribution in [2.45, 2.75) is 71.3 Å². The third kappa shape index (κ3) is 5.99. The monoisotopic (exact) mass is 596 g/mol. The number of aromatic nitrogens is 6. The largest absolute Gasteiger partial charge is 0.335 e. The van der Waals surface area contributed by atoms with Gasteiger partial charge in [-0.15, -0.1) is 10.2 Å². The van der Waals surface area contributed by atoms with Crippen LogP contribution in [0.2, 0.25) is 5.02 Å². The molecular formula is C33H37ClN8O. The summed E-state index contributed by atoms with van der Waals surface area (Å²) in [5, 5.41) is 18.5. The molecule has 1 aliphatic carbocycles. The van der Waals surface area contributed by atoms with Crippen LogP contribution in [0, 0.1) is 6.92 Å².